The molecule has 0 unspecified atom stereocenters. The summed E-state index contributed by atoms with van der Waals surface area (Å²) in [7, 11) is -3.84. The summed E-state index contributed by atoms with van der Waals surface area (Å²) in [5.41, 5.74) is 3.82. The molecule has 0 atom stereocenters. The second-order valence-corrected chi connectivity index (χ2v) is 11.2. The quantitative estimate of drug-likeness (QED) is 0.386. The van der Waals surface area contributed by atoms with E-state index in [9.17, 15) is 13.2 Å². The Morgan fingerprint density at radius 2 is 1.71 bits per heavy atom. The van der Waals surface area contributed by atoms with Gasteiger partial charge in [-0.25, -0.2) is 18.4 Å². The van der Waals surface area contributed by atoms with Crippen molar-refractivity contribution in [3.8, 4) is 0 Å². The summed E-state index contributed by atoms with van der Waals surface area (Å²) in [5, 5.41) is 3.73. The van der Waals surface area contributed by atoms with Gasteiger partial charge in [-0.1, -0.05) is 26.8 Å². The second kappa shape index (κ2) is 9.14. The molecular formula is C26H28N4O4S. The third-order valence-corrected chi connectivity index (χ3v) is 6.89. The van der Waals surface area contributed by atoms with Crippen LogP contribution < -0.4 is 10.0 Å². The Morgan fingerprint density at radius 3 is 2.37 bits per heavy atom. The minimum atomic E-state index is -3.84. The number of hydrogen-bond donors (Lipinski definition) is 2. The van der Waals surface area contributed by atoms with E-state index in [4.69, 9.17) is 4.42 Å². The molecule has 2 aromatic heterocycles. The molecule has 0 fully saturated rings. The first-order valence-electron chi connectivity index (χ1n) is 11.2. The van der Waals surface area contributed by atoms with Crippen molar-refractivity contribution in [3.05, 3.63) is 77.4 Å². The average molecular weight is 493 g/mol. The monoisotopic (exact) mass is 492 g/mol. The largest absolute Gasteiger partial charge is 0.464 e. The van der Waals surface area contributed by atoms with E-state index in [0.29, 0.717) is 17.2 Å². The van der Waals surface area contributed by atoms with Gasteiger partial charge in [0, 0.05) is 28.4 Å². The van der Waals surface area contributed by atoms with E-state index in [1.165, 1.54) is 12.1 Å². The Kier molecular flexibility index (Phi) is 6.38. The van der Waals surface area contributed by atoms with E-state index >= 15 is 0 Å². The fraction of sp³-hybridized carbons (Fsp3) is 0.269. The van der Waals surface area contributed by atoms with Crippen LogP contribution in [0.5, 0.6) is 0 Å². The van der Waals surface area contributed by atoms with Gasteiger partial charge in [0.05, 0.1) is 17.6 Å². The van der Waals surface area contributed by atoms with Crippen molar-refractivity contribution in [2.45, 2.75) is 51.3 Å². The van der Waals surface area contributed by atoms with Crippen LogP contribution in [-0.2, 0) is 26.7 Å². The van der Waals surface area contributed by atoms with E-state index in [1.54, 1.807) is 38.3 Å². The minimum Gasteiger partial charge on any atom is -0.464 e. The molecule has 0 saturated heterocycles. The fourth-order valence-corrected chi connectivity index (χ4v) is 4.74. The van der Waals surface area contributed by atoms with Crippen LogP contribution in [-0.4, -0.2) is 24.3 Å². The lowest BCUT2D eigenvalue weighted by Crippen LogP contribution is -2.16. The van der Waals surface area contributed by atoms with Crippen molar-refractivity contribution >= 4 is 38.4 Å². The van der Waals surface area contributed by atoms with Crippen LogP contribution in [0.4, 0.5) is 11.5 Å². The first kappa shape index (κ1) is 24.4. The molecule has 35 heavy (non-hydrogen) atoms. The van der Waals surface area contributed by atoms with Crippen LogP contribution >= 0.6 is 0 Å². The normalized spacial score (nSPS) is 12.0. The van der Waals surface area contributed by atoms with E-state index in [1.807, 2.05) is 12.1 Å². The van der Waals surface area contributed by atoms with Crippen LogP contribution in [0.2, 0.25) is 0 Å². The SMILES string of the molecule is Cc1cc(NS(=O)(=O)c2ccc(NC(=O)Cc3coc4ccc(C(C)(C)C)cc34)cc2)nc(C)n1. The molecule has 2 heterocycles. The van der Waals surface area contributed by atoms with Gasteiger partial charge in [0.1, 0.15) is 17.2 Å². The molecule has 0 radical (unpaired) electrons. The summed E-state index contributed by atoms with van der Waals surface area (Å²) in [6.45, 7) is 9.86. The molecule has 4 aromatic rings. The molecule has 9 heteroatoms. The van der Waals surface area contributed by atoms with Gasteiger partial charge in [0.2, 0.25) is 5.91 Å². The van der Waals surface area contributed by atoms with Crippen LogP contribution in [0, 0.1) is 13.8 Å². The van der Waals surface area contributed by atoms with Crippen molar-refractivity contribution < 1.29 is 17.6 Å². The number of anilines is 2. The lowest BCUT2D eigenvalue weighted by molar-refractivity contribution is -0.115. The number of aryl methyl sites for hydroxylation is 2. The van der Waals surface area contributed by atoms with Crippen molar-refractivity contribution in [2.75, 3.05) is 10.0 Å². The van der Waals surface area contributed by atoms with Gasteiger partial charge in [0.15, 0.2) is 0 Å². The number of sulfonamides is 1. The van der Waals surface area contributed by atoms with Gasteiger partial charge < -0.3 is 9.73 Å². The Hall–Kier alpha value is -3.72. The molecule has 0 aliphatic heterocycles. The first-order chi connectivity index (χ1) is 16.4. The van der Waals surface area contributed by atoms with Crippen molar-refractivity contribution in [1.29, 1.82) is 0 Å². The van der Waals surface area contributed by atoms with Gasteiger partial charge in [-0.15, -0.1) is 0 Å². The van der Waals surface area contributed by atoms with Crippen molar-refractivity contribution in [2.24, 2.45) is 0 Å². The molecule has 8 nitrogen and oxygen atoms in total. The van der Waals surface area contributed by atoms with E-state index in [0.717, 1.165) is 22.1 Å². The number of carbonyl (C=O) groups excluding carboxylic acids is 1. The number of nitrogens with zero attached hydrogens (tertiary/aromatic N) is 2. The molecule has 0 bridgehead atoms. The molecule has 0 saturated carbocycles. The number of furan rings is 1. The zero-order valence-electron chi connectivity index (χ0n) is 20.3. The average Bonchev–Trinajstić information content (AvgIpc) is 3.14. The number of fused-ring (bicyclic) bond motifs is 1. The molecule has 182 valence electrons. The lowest BCUT2D eigenvalue weighted by Gasteiger charge is -2.18. The lowest BCUT2D eigenvalue weighted by atomic mass is 9.86. The highest BCUT2D eigenvalue weighted by atomic mass is 32.2. The molecule has 4 rings (SSSR count). The van der Waals surface area contributed by atoms with Crippen LogP contribution in [0.3, 0.4) is 0 Å². The highest BCUT2D eigenvalue weighted by Gasteiger charge is 2.18. The summed E-state index contributed by atoms with van der Waals surface area (Å²) >= 11 is 0. The zero-order chi connectivity index (χ0) is 25.4. The summed E-state index contributed by atoms with van der Waals surface area (Å²) < 4.78 is 33.5. The van der Waals surface area contributed by atoms with E-state index in [2.05, 4.69) is 46.8 Å². The van der Waals surface area contributed by atoms with Crippen LogP contribution in [0.15, 0.2) is 64.1 Å². The molecule has 0 aliphatic rings. The number of aromatic nitrogens is 2. The topological polar surface area (TPSA) is 114 Å². The number of amides is 1. The van der Waals surface area contributed by atoms with Crippen LogP contribution in [0.25, 0.3) is 11.0 Å². The predicted molar refractivity (Wildman–Crippen MR) is 136 cm³/mol. The van der Waals surface area contributed by atoms with Gasteiger partial charge in [-0.3, -0.25) is 9.52 Å². The van der Waals surface area contributed by atoms with Gasteiger partial charge >= 0.3 is 0 Å². The summed E-state index contributed by atoms with van der Waals surface area (Å²) in [6, 6.07) is 13.5. The molecule has 0 aliphatic carbocycles. The highest BCUT2D eigenvalue weighted by molar-refractivity contribution is 7.92. The Morgan fingerprint density at radius 1 is 1.00 bits per heavy atom. The maximum Gasteiger partial charge on any atom is 0.263 e. The third kappa shape index (κ3) is 5.68. The predicted octanol–water partition coefficient (Wildman–Crippen LogP) is 5.12. The highest BCUT2D eigenvalue weighted by Crippen LogP contribution is 2.29. The Bertz CT molecular complexity index is 1480. The zero-order valence-corrected chi connectivity index (χ0v) is 21.2. The minimum absolute atomic E-state index is 0.0208. The van der Waals surface area contributed by atoms with Gasteiger partial charge in [0.25, 0.3) is 10.0 Å². The summed E-state index contributed by atoms with van der Waals surface area (Å²) in [4.78, 5) is 21.0. The number of benzene rings is 2. The molecule has 1 amide bonds. The second-order valence-electron chi connectivity index (χ2n) is 9.52. The fourth-order valence-electron chi connectivity index (χ4n) is 3.75. The summed E-state index contributed by atoms with van der Waals surface area (Å²) in [5.74, 6) is 0.449. The van der Waals surface area contributed by atoms with E-state index in [-0.39, 0.29) is 28.5 Å². The standard InChI is InChI=1S/C26H28N4O4S/c1-16-12-24(28-17(2)27-16)30-35(32,33)21-9-7-20(8-10-21)29-25(31)13-18-15-34-23-11-6-19(14-22(18)23)26(3,4)5/h6-12,14-15H,13H2,1-5H3,(H,29,31)(H,27,28,30). The van der Waals surface area contributed by atoms with Gasteiger partial charge in [-0.2, -0.15) is 0 Å². The van der Waals surface area contributed by atoms with Crippen molar-refractivity contribution in [1.82, 2.24) is 9.97 Å². The number of hydrogen-bond acceptors (Lipinski definition) is 6. The molecule has 2 N–H and O–H groups in total. The molecular weight excluding hydrogens is 464 g/mol. The first-order valence-corrected chi connectivity index (χ1v) is 12.6. The molecule has 2 aromatic carbocycles. The number of carbonyl (C=O) groups is 1. The Labute approximate surface area is 204 Å². The number of nitrogens with one attached hydrogen (secondary N) is 2. The molecule has 0 spiro atoms. The smallest absolute Gasteiger partial charge is 0.263 e. The third-order valence-electron chi connectivity index (χ3n) is 5.52. The summed E-state index contributed by atoms with van der Waals surface area (Å²) in [6.07, 6.45) is 1.74. The van der Waals surface area contributed by atoms with Crippen molar-refractivity contribution in [3.63, 3.8) is 0 Å². The number of rotatable bonds is 6. The van der Waals surface area contributed by atoms with E-state index < -0.39 is 10.0 Å². The maximum atomic E-state index is 12.7. The Balaban J connectivity index is 1.45. The van der Waals surface area contributed by atoms with Gasteiger partial charge in [-0.05, 0) is 61.2 Å². The van der Waals surface area contributed by atoms with Crippen LogP contribution in [0.1, 0.15) is 43.4 Å². The maximum absolute atomic E-state index is 12.7.